The zero-order valence-corrected chi connectivity index (χ0v) is 20.2. The van der Waals surface area contributed by atoms with E-state index in [2.05, 4.69) is 50.9 Å². The van der Waals surface area contributed by atoms with Crippen LogP contribution in [0.1, 0.15) is 38.2 Å². The van der Waals surface area contributed by atoms with Crippen LogP contribution in [0.15, 0.2) is 35.3 Å². The number of nitrogens with one attached hydrogen (secondary N) is 2. The fraction of sp³-hybridized carbons (Fsp3) is 0.636. The topological polar surface area (TPSA) is 60.0 Å². The van der Waals surface area contributed by atoms with Crippen LogP contribution in [0, 0.1) is 0 Å². The van der Waals surface area contributed by atoms with Gasteiger partial charge in [0.2, 0.25) is 5.91 Å². The summed E-state index contributed by atoms with van der Waals surface area (Å²) in [5.41, 5.74) is 1.67. The van der Waals surface area contributed by atoms with Crippen LogP contribution in [0.4, 0.5) is 0 Å². The number of guanidine groups is 1. The summed E-state index contributed by atoms with van der Waals surface area (Å²) in [5.74, 6) is 1.06. The number of hydrogen-bond donors (Lipinski definition) is 2. The summed E-state index contributed by atoms with van der Waals surface area (Å²) in [6, 6.07) is 10.9. The van der Waals surface area contributed by atoms with E-state index in [1.54, 1.807) is 6.92 Å². The van der Waals surface area contributed by atoms with Gasteiger partial charge in [-0.3, -0.25) is 14.7 Å². The second-order valence-corrected chi connectivity index (χ2v) is 8.05. The second kappa shape index (κ2) is 11.7. The predicted molar refractivity (Wildman–Crippen MR) is 130 cm³/mol. The van der Waals surface area contributed by atoms with Crippen molar-refractivity contribution in [3.63, 3.8) is 0 Å². The fourth-order valence-electron chi connectivity index (χ4n) is 4.50. The fourth-order valence-corrected chi connectivity index (χ4v) is 4.50. The molecule has 1 aromatic carbocycles. The minimum absolute atomic E-state index is 0. The number of hydrogen-bond acceptors (Lipinski definition) is 3. The Bertz CT molecular complexity index is 652. The summed E-state index contributed by atoms with van der Waals surface area (Å²) in [6.45, 7) is 7.97. The highest BCUT2D eigenvalue weighted by atomic mass is 127. The molecule has 6 nitrogen and oxygen atoms in total. The number of halogens is 1. The zero-order chi connectivity index (χ0) is 19.8. The molecule has 1 amide bonds. The SMILES string of the molecule is CN=C(NCCN1CCN(C(C)=O)CC1)NCC1(c2ccccc2)CCCC1.I. The smallest absolute Gasteiger partial charge is 0.219 e. The van der Waals surface area contributed by atoms with Crippen molar-refractivity contribution in [2.24, 2.45) is 4.99 Å². The van der Waals surface area contributed by atoms with Gasteiger partial charge in [-0.2, -0.15) is 0 Å². The lowest BCUT2D eigenvalue weighted by atomic mass is 9.79. The number of aliphatic imine (C=N–C) groups is 1. The maximum absolute atomic E-state index is 11.4. The molecule has 0 bridgehead atoms. The number of carbonyl (C=O) groups excluding carboxylic acids is 1. The van der Waals surface area contributed by atoms with Crippen molar-refractivity contribution in [1.29, 1.82) is 0 Å². The van der Waals surface area contributed by atoms with Gasteiger partial charge in [0.1, 0.15) is 0 Å². The predicted octanol–water partition coefficient (Wildman–Crippen LogP) is 2.45. The molecule has 29 heavy (non-hydrogen) atoms. The molecule has 1 aliphatic carbocycles. The van der Waals surface area contributed by atoms with Crippen molar-refractivity contribution in [1.82, 2.24) is 20.4 Å². The van der Waals surface area contributed by atoms with Gasteiger partial charge in [0.15, 0.2) is 5.96 Å². The monoisotopic (exact) mass is 513 g/mol. The van der Waals surface area contributed by atoms with Crippen LogP contribution < -0.4 is 10.6 Å². The van der Waals surface area contributed by atoms with Crippen molar-refractivity contribution in [3.05, 3.63) is 35.9 Å². The van der Waals surface area contributed by atoms with Gasteiger partial charge < -0.3 is 15.5 Å². The molecule has 3 rings (SSSR count). The van der Waals surface area contributed by atoms with Gasteiger partial charge in [0.05, 0.1) is 0 Å². The van der Waals surface area contributed by atoms with Crippen LogP contribution in [0.2, 0.25) is 0 Å². The van der Waals surface area contributed by atoms with Gasteiger partial charge in [-0.15, -0.1) is 24.0 Å². The summed E-state index contributed by atoms with van der Waals surface area (Å²) in [4.78, 5) is 20.2. The Morgan fingerprint density at radius 3 is 2.31 bits per heavy atom. The van der Waals surface area contributed by atoms with Crippen LogP contribution in [0.5, 0.6) is 0 Å². The van der Waals surface area contributed by atoms with Gasteiger partial charge in [-0.1, -0.05) is 43.2 Å². The quantitative estimate of drug-likeness (QED) is 0.349. The van der Waals surface area contributed by atoms with Crippen molar-refractivity contribution in [2.75, 3.05) is 52.9 Å². The molecule has 1 saturated heterocycles. The van der Waals surface area contributed by atoms with Crippen LogP contribution in [-0.4, -0.2) is 74.5 Å². The standard InChI is InChI=1S/C22H35N5O.HI/c1-19(28)27-16-14-26(15-17-27)13-12-24-21(23-2)25-18-22(10-6-7-11-22)20-8-4-3-5-9-20;/h3-5,8-9H,6-7,10-18H2,1-2H3,(H2,23,24,25);1H. The molecule has 1 aromatic rings. The normalized spacial score (nSPS) is 19.5. The first kappa shape index (κ1) is 23.9. The number of rotatable bonds is 6. The third kappa shape index (κ3) is 6.57. The summed E-state index contributed by atoms with van der Waals surface area (Å²) in [7, 11) is 1.84. The lowest BCUT2D eigenvalue weighted by Gasteiger charge is -2.34. The van der Waals surface area contributed by atoms with E-state index in [-0.39, 0.29) is 35.3 Å². The Balaban J connectivity index is 0.00000300. The summed E-state index contributed by atoms with van der Waals surface area (Å²) in [6.07, 6.45) is 5.08. The highest BCUT2D eigenvalue weighted by Gasteiger charge is 2.35. The maximum atomic E-state index is 11.4. The lowest BCUT2D eigenvalue weighted by molar-refractivity contribution is -0.130. The molecule has 162 valence electrons. The van der Waals surface area contributed by atoms with E-state index in [0.717, 1.165) is 51.8 Å². The number of nitrogens with zero attached hydrogens (tertiary/aromatic N) is 3. The minimum atomic E-state index is 0. The van der Waals surface area contributed by atoms with E-state index in [9.17, 15) is 4.79 Å². The van der Waals surface area contributed by atoms with E-state index >= 15 is 0 Å². The molecule has 0 spiro atoms. The Morgan fingerprint density at radius 2 is 1.72 bits per heavy atom. The van der Waals surface area contributed by atoms with E-state index < -0.39 is 0 Å². The van der Waals surface area contributed by atoms with Gasteiger partial charge in [-0.05, 0) is 18.4 Å². The highest BCUT2D eigenvalue weighted by Crippen LogP contribution is 2.40. The van der Waals surface area contributed by atoms with E-state index in [0.29, 0.717) is 0 Å². The molecule has 1 aliphatic heterocycles. The number of amides is 1. The average molecular weight is 513 g/mol. The molecule has 0 unspecified atom stereocenters. The summed E-state index contributed by atoms with van der Waals surface area (Å²) < 4.78 is 0. The molecular formula is C22H36IN5O. The molecule has 1 saturated carbocycles. The van der Waals surface area contributed by atoms with E-state index in [1.807, 2.05) is 11.9 Å². The van der Waals surface area contributed by atoms with Crippen LogP contribution in [0.25, 0.3) is 0 Å². The van der Waals surface area contributed by atoms with Crippen LogP contribution in [-0.2, 0) is 10.2 Å². The zero-order valence-electron chi connectivity index (χ0n) is 17.8. The number of carbonyl (C=O) groups is 1. The second-order valence-electron chi connectivity index (χ2n) is 8.05. The lowest BCUT2D eigenvalue weighted by Crippen LogP contribution is -2.51. The molecule has 0 aromatic heterocycles. The van der Waals surface area contributed by atoms with Gasteiger partial charge in [0, 0.05) is 65.2 Å². The summed E-state index contributed by atoms with van der Waals surface area (Å²) >= 11 is 0. The first-order chi connectivity index (χ1) is 13.6. The molecular weight excluding hydrogens is 477 g/mol. The molecule has 7 heteroatoms. The van der Waals surface area contributed by atoms with Gasteiger partial charge in [0.25, 0.3) is 0 Å². The Morgan fingerprint density at radius 1 is 1.07 bits per heavy atom. The number of piperazine rings is 1. The maximum Gasteiger partial charge on any atom is 0.219 e. The van der Waals surface area contributed by atoms with E-state index in [4.69, 9.17) is 0 Å². The van der Waals surface area contributed by atoms with Gasteiger partial charge >= 0.3 is 0 Å². The largest absolute Gasteiger partial charge is 0.356 e. The Hall–Kier alpha value is -1.35. The van der Waals surface area contributed by atoms with Crippen LogP contribution >= 0.6 is 24.0 Å². The molecule has 2 N–H and O–H groups in total. The van der Waals surface area contributed by atoms with E-state index in [1.165, 1.54) is 31.2 Å². The Kier molecular flexibility index (Phi) is 9.68. The third-order valence-corrected chi connectivity index (χ3v) is 6.30. The number of benzene rings is 1. The Labute approximate surface area is 192 Å². The average Bonchev–Trinajstić information content (AvgIpc) is 3.22. The van der Waals surface area contributed by atoms with Crippen molar-refractivity contribution < 1.29 is 4.79 Å². The molecule has 0 atom stereocenters. The molecule has 0 radical (unpaired) electrons. The van der Waals surface area contributed by atoms with Crippen molar-refractivity contribution in [2.45, 2.75) is 38.0 Å². The van der Waals surface area contributed by atoms with Crippen molar-refractivity contribution >= 4 is 35.8 Å². The minimum Gasteiger partial charge on any atom is -0.356 e. The summed E-state index contributed by atoms with van der Waals surface area (Å²) in [5, 5.41) is 7.04. The van der Waals surface area contributed by atoms with Gasteiger partial charge in [-0.25, -0.2) is 0 Å². The first-order valence-corrected chi connectivity index (χ1v) is 10.6. The molecule has 2 aliphatic rings. The molecule has 2 fully saturated rings. The first-order valence-electron chi connectivity index (χ1n) is 10.6. The van der Waals surface area contributed by atoms with Crippen LogP contribution in [0.3, 0.4) is 0 Å². The third-order valence-electron chi connectivity index (χ3n) is 6.30. The molecule has 1 heterocycles. The van der Waals surface area contributed by atoms with Crippen molar-refractivity contribution in [3.8, 4) is 0 Å². The highest BCUT2D eigenvalue weighted by molar-refractivity contribution is 14.0.